The largest absolute Gasteiger partial charge is 0.355 e. The van der Waals surface area contributed by atoms with Crippen molar-refractivity contribution < 1.29 is 4.79 Å². The van der Waals surface area contributed by atoms with E-state index >= 15 is 0 Å². The molecule has 0 aliphatic carbocycles. The minimum absolute atomic E-state index is 0.159. The zero-order chi connectivity index (χ0) is 16.6. The summed E-state index contributed by atoms with van der Waals surface area (Å²) < 4.78 is 0. The molecule has 3 heterocycles. The number of nitrogens with zero attached hydrogens (tertiary/aromatic N) is 4. The first-order chi connectivity index (χ1) is 11.8. The van der Waals surface area contributed by atoms with Gasteiger partial charge in [-0.25, -0.2) is 9.97 Å². The number of hydrogen-bond acceptors (Lipinski definition) is 7. The third kappa shape index (κ3) is 5.32. The molecular formula is C16H26N6OS. The fraction of sp³-hybridized carbons (Fsp3) is 0.688. The SMILES string of the molecule is O=C(CC1CSCCN1)NCCN1CCN(c2ncccn2)CC1. The number of thioether (sulfide) groups is 1. The average Bonchev–Trinajstić information content (AvgIpc) is 2.64. The molecule has 0 spiro atoms. The van der Waals surface area contributed by atoms with E-state index in [0.29, 0.717) is 12.5 Å². The van der Waals surface area contributed by atoms with E-state index in [4.69, 9.17) is 0 Å². The first-order valence-electron chi connectivity index (χ1n) is 8.63. The van der Waals surface area contributed by atoms with E-state index in [1.165, 1.54) is 0 Å². The lowest BCUT2D eigenvalue weighted by Gasteiger charge is -2.34. The van der Waals surface area contributed by atoms with Gasteiger partial charge in [-0.2, -0.15) is 11.8 Å². The van der Waals surface area contributed by atoms with Gasteiger partial charge in [0.2, 0.25) is 11.9 Å². The van der Waals surface area contributed by atoms with Crippen molar-refractivity contribution in [3.05, 3.63) is 18.5 Å². The van der Waals surface area contributed by atoms with Gasteiger partial charge in [0.1, 0.15) is 0 Å². The second-order valence-corrected chi connectivity index (χ2v) is 7.31. The van der Waals surface area contributed by atoms with Crippen molar-refractivity contribution in [2.24, 2.45) is 0 Å². The van der Waals surface area contributed by atoms with Crippen molar-refractivity contribution in [1.82, 2.24) is 25.5 Å². The Balaban J connectivity index is 1.30. The third-order valence-electron chi connectivity index (χ3n) is 4.39. The number of carbonyl (C=O) groups is 1. The smallest absolute Gasteiger partial charge is 0.225 e. The number of amides is 1. The Hall–Kier alpha value is -1.38. The number of carbonyl (C=O) groups excluding carboxylic acids is 1. The minimum Gasteiger partial charge on any atom is -0.355 e. The zero-order valence-electron chi connectivity index (χ0n) is 14.0. The van der Waals surface area contributed by atoms with Crippen molar-refractivity contribution in [3.63, 3.8) is 0 Å². The monoisotopic (exact) mass is 350 g/mol. The predicted octanol–water partition coefficient (Wildman–Crippen LogP) is -0.190. The molecule has 1 aromatic heterocycles. The van der Waals surface area contributed by atoms with Gasteiger partial charge >= 0.3 is 0 Å². The summed E-state index contributed by atoms with van der Waals surface area (Å²) in [5.41, 5.74) is 0. The average molecular weight is 350 g/mol. The quantitative estimate of drug-likeness (QED) is 0.737. The first-order valence-corrected chi connectivity index (χ1v) is 9.79. The normalized spacial score (nSPS) is 22.3. The Kier molecular flexibility index (Phi) is 6.68. The number of piperazine rings is 1. The molecule has 3 rings (SSSR count). The number of hydrogen-bond donors (Lipinski definition) is 2. The van der Waals surface area contributed by atoms with Gasteiger partial charge in [0.25, 0.3) is 0 Å². The fourth-order valence-electron chi connectivity index (χ4n) is 3.03. The maximum atomic E-state index is 12.0. The molecule has 2 N–H and O–H groups in total. The van der Waals surface area contributed by atoms with Crippen LogP contribution in [0.4, 0.5) is 5.95 Å². The Labute approximate surface area is 147 Å². The van der Waals surface area contributed by atoms with Gasteiger partial charge in [0, 0.05) is 82.2 Å². The van der Waals surface area contributed by atoms with Crippen molar-refractivity contribution in [3.8, 4) is 0 Å². The van der Waals surface area contributed by atoms with E-state index in [1.807, 2.05) is 17.8 Å². The van der Waals surface area contributed by atoms with Gasteiger partial charge in [-0.05, 0) is 6.07 Å². The maximum Gasteiger partial charge on any atom is 0.225 e. The van der Waals surface area contributed by atoms with Crippen molar-refractivity contribution in [2.75, 3.05) is 62.2 Å². The molecule has 132 valence electrons. The molecule has 0 aromatic carbocycles. The van der Waals surface area contributed by atoms with Crippen LogP contribution in [0.3, 0.4) is 0 Å². The lowest BCUT2D eigenvalue weighted by atomic mass is 10.2. The molecule has 1 unspecified atom stereocenters. The Morgan fingerprint density at radius 2 is 2.08 bits per heavy atom. The van der Waals surface area contributed by atoms with Crippen LogP contribution in [-0.4, -0.2) is 84.1 Å². The van der Waals surface area contributed by atoms with Crippen LogP contribution in [0.5, 0.6) is 0 Å². The van der Waals surface area contributed by atoms with Gasteiger partial charge < -0.3 is 15.5 Å². The predicted molar refractivity (Wildman–Crippen MR) is 97.4 cm³/mol. The topological polar surface area (TPSA) is 73.4 Å². The Bertz CT molecular complexity index is 503. The van der Waals surface area contributed by atoms with Crippen molar-refractivity contribution in [2.45, 2.75) is 12.5 Å². The van der Waals surface area contributed by atoms with Gasteiger partial charge in [0.05, 0.1) is 0 Å². The summed E-state index contributed by atoms with van der Waals surface area (Å²) in [5, 5.41) is 6.45. The van der Waals surface area contributed by atoms with Crippen LogP contribution in [0.15, 0.2) is 18.5 Å². The number of aromatic nitrogens is 2. The highest BCUT2D eigenvalue weighted by molar-refractivity contribution is 7.99. The molecular weight excluding hydrogens is 324 g/mol. The van der Waals surface area contributed by atoms with E-state index in [0.717, 1.165) is 63.3 Å². The summed E-state index contributed by atoms with van der Waals surface area (Å²) >= 11 is 1.92. The molecule has 2 saturated heterocycles. The van der Waals surface area contributed by atoms with Gasteiger partial charge in [-0.3, -0.25) is 9.69 Å². The Morgan fingerprint density at radius 1 is 1.29 bits per heavy atom. The van der Waals surface area contributed by atoms with Gasteiger partial charge in [-0.1, -0.05) is 0 Å². The molecule has 8 heteroatoms. The van der Waals surface area contributed by atoms with E-state index in [-0.39, 0.29) is 5.91 Å². The third-order valence-corrected chi connectivity index (χ3v) is 5.52. The lowest BCUT2D eigenvalue weighted by Crippen LogP contribution is -2.49. The second kappa shape index (κ2) is 9.19. The molecule has 1 atom stereocenters. The summed E-state index contributed by atoms with van der Waals surface area (Å²) in [6, 6.07) is 2.17. The first kappa shape index (κ1) is 17.4. The standard InChI is InChI=1S/C16H26N6OS/c23-15(12-14-13-24-11-5-17-14)18-4-6-21-7-9-22(10-8-21)16-19-2-1-3-20-16/h1-3,14,17H,4-13H2,(H,18,23). The molecule has 1 amide bonds. The fourth-order valence-corrected chi connectivity index (χ4v) is 3.98. The summed E-state index contributed by atoms with van der Waals surface area (Å²) in [4.78, 5) is 25.2. The molecule has 0 saturated carbocycles. The van der Waals surface area contributed by atoms with E-state index < -0.39 is 0 Å². The number of anilines is 1. The van der Waals surface area contributed by atoms with Crippen LogP contribution >= 0.6 is 11.8 Å². The summed E-state index contributed by atoms with van der Waals surface area (Å²) in [6.45, 7) is 6.47. The van der Waals surface area contributed by atoms with Crippen LogP contribution in [0.2, 0.25) is 0 Å². The highest BCUT2D eigenvalue weighted by atomic mass is 32.2. The molecule has 2 fully saturated rings. The maximum absolute atomic E-state index is 12.0. The molecule has 1 aromatic rings. The summed E-state index contributed by atoms with van der Waals surface area (Å²) in [5.74, 6) is 3.16. The summed E-state index contributed by atoms with van der Waals surface area (Å²) in [6.07, 6.45) is 4.15. The van der Waals surface area contributed by atoms with Gasteiger partial charge in [0.15, 0.2) is 0 Å². The number of rotatable bonds is 6. The highest BCUT2D eigenvalue weighted by Gasteiger charge is 2.19. The van der Waals surface area contributed by atoms with Crippen molar-refractivity contribution in [1.29, 1.82) is 0 Å². The Morgan fingerprint density at radius 3 is 2.79 bits per heavy atom. The van der Waals surface area contributed by atoms with Gasteiger partial charge in [-0.15, -0.1) is 0 Å². The van der Waals surface area contributed by atoms with E-state index in [9.17, 15) is 4.79 Å². The second-order valence-electron chi connectivity index (χ2n) is 6.16. The van der Waals surface area contributed by atoms with E-state index in [2.05, 4.69) is 30.4 Å². The molecule has 0 bridgehead atoms. The lowest BCUT2D eigenvalue weighted by molar-refractivity contribution is -0.121. The van der Waals surface area contributed by atoms with Crippen LogP contribution in [0.25, 0.3) is 0 Å². The molecule has 0 radical (unpaired) electrons. The highest BCUT2D eigenvalue weighted by Crippen LogP contribution is 2.10. The molecule has 2 aliphatic heterocycles. The summed E-state index contributed by atoms with van der Waals surface area (Å²) in [7, 11) is 0. The number of nitrogens with one attached hydrogen (secondary N) is 2. The minimum atomic E-state index is 0.159. The van der Waals surface area contributed by atoms with Crippen LogP contribution < -0.4 is 15.5 Å². The van der Waals surface area contributed by atoms with Crippen LogP contribution in [-0.2, 0) is 4.79 Å². The molecule has 2 aliphatic rings. The van der Waals surface area contributed by atoms with Crippen LogP contribution in [0, 0.1) is 0 Å². The zero-order valence-corrected chi connectivity index (χ0v) is 14.8. The molecule has 24 heavy (non-hydrogen) atoms. The van der Waals surface area contributed by atoms with E-state index in [1.54, 1.807) is 12.4 Å². The van der Waals surface area contributed by atoms with Crippen LogP contribution in [0.1, 0.15) is 6.42 Å². The molecule has 7 nitrogen and oxygen atoms in total. The van der Waals surface area contributed by atoms with Crippen molar-refractivity contribution >= 4 is 23.6 Å².